The van der Waals surface area contributed by atoms with Crippen LogP contribution < -0.4 is 0 Å². The quantitative estimate of drug-likeness (QED) is 0.342. The highest BCUT2D eigenvalue weighted by molar-refractivity contribution is 5.68. The molecule has 0 amide bonds. The lowest BCUT2D eigenvalue weighted by molar-refractivity contribution is -0.140. The summed E-state index contributed by atoms with van der Waals surface area (Å²) >= 11 is 0. The second-order valence-electron chi connectivity index (χ2n) is 6.09. The number of aliphatic hydroxyl groups is 1. The second kappa shape index (κ2) is 15.8. The van der Waals surface area contributed by atoms with Crippen molar-refractivity contribution in [2.45, 2.75) is 103 Å². The van der Waals surface area contributed by atoms with E-state index in [1.54, 1.807) is 0 Å². The van der Waals surface area contributed by atoms with Gasteiger partial charge in [-0.15, -0.1) is 0 Å². The molecule has 0 radical (unpaired) electrons. The van der Waals surface area contributed by atoms with Gasteiger partial charge in [-0.25, -0.2) is 0 Å². The molecule has 0 aromatic heterocycles. The van der Waals surface area contributed by atoms with Gasteiger partial charge in [0, 0.05) is 6.42 Å². The normalized spacial score (nSPS) is 12.3. The fourth-order valence-corrected chi connectivity index (χ4v) is 2.64. The molecule has 0 saturated carbocycles. The fourth-order valence-electron chi connectivity index (χ4n) is 2.64. The van der Waals surface area contributed by atoms with E-state index in [0.29, 0.717) is 6.42 Å². The summed E-state index contributed by atoms with van der Waals surface area (Å²) in [6.07, 6.45) is 15.9. The monoisotopic (exact) mass is 300 g/mol. The Labute approximate surface area is 131 Å². The Kier molecular flexibility index (Phi) is 15.4. The maximum absolute atomic E-state index is 10.9. The fraction of sp³-hybridized carbons (Fsp3) is 0.944. The number of aliphatic hydroxyl groups excluding tert-OH is 1. The van der Waals surface area contributed by atoms with Crippen molar-refractivity contribution in [3.05, 3.63) is 0 Å². The first kappa shape index (κ1) is 20.4. The van der Waals surface area contributed by atoms with Gasteiger partial charge in [-0.2, -0.15) is 0 Å². The zero-order chi connectivity index (χ0) is 15.8. The molecule has 0 spiro atoms. The van der Waals surface area contributed by atoms with Gasteiger partial charge < -0.3 is 9.84 Å². The van der Waals surface area contributed by atoms with Crippen LogP contribution in [-0.2, 0) is 9.53 Å². The van der Waals surface area contributed by atoms with Gasteiger partial charge in [0.15, 0.2) is 0 Å². The van der Waals surface area contributed by atoms with E-state index >= 15 is 0 Å². The van der Waals surface area contributed by atoms with E-state index in [4.69, 9.17) is 0 Å². The summed E-state index contributed by atoms with van der Waals surface area (Å²) < 4.78 is 4.62. The highest BCUT2D eigenvalue weighted by Gasteiger charge is 2.02. The lowest BCUT2D eigenvalue weighted by Gasteiger charge is -2.08. The van der Waals surface area contributed by atoms with E-state index in [0.717, 1.165) is 32.1 Å². The van der Waals surface area contributed by atoms with Gasteiger partial charge in [0.1, 0.15) is 0 Å². The zero-order valence-corrected chi connectivity index (χ0v) is 14.2. The largest absolute Gasteiger partial charge is 0.469 e. The maximum Gasteiger partial charge on any atom is 0.305 e. The summed E-state index contributed by atoms with van der Waals surface area (Å²) in [5, 5.41) is 9.61. The number of carbonyl (C=O) groups excluding carboxylic acids is 1. The van der Waals surface area contributed by atoms with Crippen molar-refractivity contribution in [1.82, 2.24) is 0 Å². The number of unbranched alkanes of at least 4 members (excludes halogenated alkanes) is 9. The van der Waals surface area contributed by atoms with Crippen LogP contribution in [-0.4, -0.2) is 24.3 Å². The Morgan fingerprint density at radius 2 is 1.33 bits per heavy atom. The maximum atomic E-state index is 10.9. The van der Waals surface area contributed by atoms with Gasteiger partial charge in [0.05, 0.1) is 13.2 Å². The average molecular weight is 300 g/mol. The minimum absolute atomic E-state index is 0.0695. The predicted octanol–water partition coefficient (Wildman–Crippen LogP) is 5.00. The standard InChI is InChI=1S/C18H36O3/c1-3-14-17(19)15-12-10-8-6-4-5-7-9-11-13-16-18(20)21-2/h17,19H,3-16H2,1-2H3. The third kappa shape index (κ3) is 15.6. The summed E-state index contributed by atoms with van der Waals surface area (Å²) in [5.74, 6) is -0.0842. The summed E-state index contributed by atoms with van der Waals surface area (Å²) in [7, 11) is 1.45. The van der Waals surface area contributed by atoms with Crippen molar-refractivity contribution in [3.8, 4) is 0 Å². The van der Waals surface area contributed by atoms with Crippen molar-refractivity contribution < 1.29 is 14.6 Å². The summed E-state index contributed by atoms with van der Waals surface area (Å²) in [4.78, 5) is 10.9. The first-order chi connectivity index (χ1) is 10.2. The van der Waals surface area contributed by atoms with Crippen LogP contribution in [0.15, 0.2) is 0 Å². The number of methoxy groups -OCH3 is 1. The minimum Gasteiger partial charge on any atom is -0.469 e. The topological polar surface area (TPSA) is 46.5 Å². The number of rotatable bonds is 15. The summed E-state index contributed by atoms with van der Waals surface area (Å²) in [5.41, 5.74) is 0. The highest BCUT2D eigenvalue weighted by Crippen LogP contribution is 2.13. The van der Waals surface area contributed by atoms with Crippen LogP contribution in [0.1, 0.15) is 96.8 Å². The molecule has 0 aliphatic carbocycles. The first-order valence-corrected chi connectivity index (χ1v) is 8.95. The molecule has 126 valence electrons. The Bertz CT molecular complexity index is 229. The number of carbonyl (C=O) groups is 1. The highest BCUT2D eigenvalue weighted by atomic mass is 16.5. The van der Waals surface area contributed by atoms with E-state index in [2.05, 4.69) is 11.7 Å². The van der Waals surface area contributed by atoms with Crippen molar-refractivity contribution in [2.75, 3.05) is 7.11 Å². The van der Waals surface area contributed by atoms with Crippen LogP contribution in [0.3, 0.4) is 0 Å². The number of esters is 1. The molecule has 21 heavy (non-hydrogen) atoms. The molecule has 0 aromatic rings. The summed E-state index contributed by atoms with van der Waals surface area (Å²) in [6, 6.07) is 0. The molecule has 0 fully saturated rings. The molecule has 0 heterocycles. The molecule has 3 heteroatoms. The van der Waals surface area contributed by atoms with Crippen molar-refractivity contribution in [1.29, 1.82) is 0 Å². The van der Waals surface area contributed by atoms with E-state index < -0.39 is 0 Å². The van der Waals surface area contributed by atoms with Crippen LogP contribution in [0.2, 0.25) is 0 Å². The van der Waals surface area contributed by atoms with Gasteiger partial charge in [-0.05, 0) is 19.3 Å². The summed E-state index contributed by atoms with van der Waals surface area (Å²) in [6.45, 7) is 2.12. The molecule has 1 atom stereocenters. The molecule has 1 unspecified atom stereocenters. The average Bonchev–Trinajstić information content (AvgIpc) is 2.48. The SMILES string of the molecule is CCCC(O)CCCCCCCCCCCCC(=O)OC. The molecular weight excluding hydrogens is 264 g/mol. The third-order valence-electron chi connectivity index (χ3n) is 4.02. The van der Waals surface area contributed by atoms with Crippen LogP contribution in [0, 0.1) is 0 Å². The minimum atomic E-state index is -0.0842. The van der Waals surface area contributed by atoms with Crippen LogP contribution in [0.5, 0.6) is 0 Å². The Morgan fingerprint density at radius 3 is 1.81 bits per heavy atom. The van der Waals surface area contributed by atoms with Crippen LogP contribution in [0.25, 0.3) is 0 Å². The van der Waals surface area contributed by atoms with Crippen molar-refractivity contribution in [2.24, 2.45) is 0 Å². The lowest BCUT2D eigenvalue weighted by atomic mass is 10.0. The van der Waals surface area contributed by atoms with E-state index in [1.165, 1.54) is 58.5 Å². The first-order valence-electron chi connectivity index (χ1n) is 8.95. The lowest BCUT2D eigenvalue weighted by Crippen LogP contribution is -2.04. The molecule has 0 rings (SSSR count). The molecule has 0 aromatic carbocycles. The Balaban J connectivity index is 3.07. The second-order valence-corrected chi connectivity index (χ2v) is 6.09. The number of hydrogen-bond acceptors (Lipinski definition) is 3. The predicted molar refractivity (Wildman–Crippen MR) is 88.3 cm³/mol. The molecule has 3 nitrogen and oxygen atoms in total. The molecule has 0 bridgehead atoms. The van der Waals surface area contributed by atoms with Gasteiger partial charge in [-0.3, -0.25) is 4.79 Å². The molecular formula is C18H36O3. The van der Waals surface area contributed by atoms with Crippen LogP contribution in [0.4, 0.5) is 0 Å². The van der Waals surface area contributed by atoms with E-state index in [1.807, 2.05) is 0 Å². The molecule has 0 saturated heterocycles. The zero-order valence-electron chi connectivity index (χ0n) is 14.2. The third-order valence-corrected chi connectivity index (χ3v) is 4.02. The molecule has 0 aliphatic heterocycles. The number of ether oxygens (including phenoxy) is 1. The van der Waals surface area contributed by atoms with Gasteiger partial charge in [0.25, 0.3) is 0 Å². The Hall–Kier alpha value is -0.570. The van der Waals surface area contributed by atoms with Crippen molar-refractivity contribution >= 4 is 5.97 Å². The van der Waals surface area contributed by atoms with Crippen molar-refractivity contribution in [3.63, 3.8) is 0 Å². The number of hydrogen-bond donors (Lipinski definition) is 1. The van der Waals surface area contributed by atoms with Gasteiger partial charge >= 0.3 is 5.97 Å². The smallest absolute Gasteiger partial charge is 0.305 e. The van der Waals surface area contributed by atoms with E-state index in [9.17, 15) is 9.90 Å². The molecule has 1 N–H and O–H groups in total. The molecule has 0 aliphatic rings. The van der Waals surface area contributed by atoms with E-state index in [-0.39, 0.29) is 12.1 Å². The Morgan fingerprint density at radius 1 is 0.857 bits per heavy atom. The van der Waals surface area contributed by atoms with Gasteiger partial charge in [-0.1, -0.05) is 71.1 Å². The van der Waals surface area contributed by atoms with Crippen LogP contribution >= 0.6 is 0 Å². The van der Waals surface area contributed by atoms with Gasteiger partial charge in [0.2, 0.25) is 0 Å².